The molecule has 0 amide bonds. The number of para-hydroxylation sites is 1. The Morgan fingerprint density at radius 2 is 2.16 bits per heavy atom. The molecule has 2 N–H and O–H groups in total. The Hall–Kier alpha value is -1.62. The van der Waals surface area contributed by atoms with Crippen molar-refractivity contribution in [2.45, 2.75) is 25.3 Å². The molecule has 0 saturated heterocycles. The van der Waals surface area contributed by atoms with Crippen molar-refractivity contribution >= 4 is 5.97 Å². The van der Waals surface area contributed by atoms with Crippen molar-refractivity contribution in [2.24, 2.45) is 11.7 Å². The Morgan fingerprint density at radius 3 is 2.74 bits per heavy atom. The quantitative estimate of drug-likeness (QED) is 0.799. The zero-order valence-electron chi connectivity index (χ0n) is 10.9. The van der Waals surface area contributed by atoms with Crippen molar-refractivity contribution in [1.82, 2.24) is 0 Å². The van der Waals surface area contributed by atoms with Crippen molar-refractivity contribution in [1.29, 1.82) is 0 Å². The summed E-state index contributed by atoms with van der Waals surface area (Å²) in [5, 5.41) is 0. The molecule has 2 rings (SSSR count). The number of ether oxygens (including phenoxy) is 2. The van der Waals surface area contributed by atoms with Gasteiger partial charge in [0.05, 0.1) is 6.61 Å². The van der Waals surface area contributed by atoms with Gasteiger partial charge in [-0.15, -0.1) is 0 Å². The third kappa shape index (κ3) is 3.04. The van der Waals surface area contributed by atoms with Gasteiger partial charge in [-0.05, 0) is 37.8 Å². The highest BCUT2D eigenvalue weighted by Crippen LogP contribution is 2.39. The van der Waals surface area contributed by atoms with Gasteiger partial charge in [0.1, 0.15) is 6.61 Å². The van der Waals surface area contributed by atoms with E-state index in [2.05, 4.69) is 0 Å². The SMILES string of the molecule is CCOC(=O)C(N)(COc1ccccc1F)C1CC1. The third-order valence-electron chi connectivity index (χ3n) is 3.26. The Bertz CT molecular complexity index is 462. The van der Waals surface area contributed by atoms with Crippen LogP contribution in [-0.4, -0.2) is 24.7 Å². The number of carbonyl (C=O) groups excluding carboxylic acids is 1. The molecular formula is C14H18FNO3. The molecule has 0 heterocycles. The van der Waals surface area contributed by atoms with E-state index in [9.17, 15) is 9.18 Å². The lowest BCUT2D eigenvalue weighted by Crippen LogP contribution is -2.55. The first-order valence-electron chi connectivity index (χ1n) is 6.41. The molecule has 1 fully saturated rings. The van der Waals surface area contributed by atoms with E-state index in [0.29, 0.717) is 0 Å². The largest absolute Gasteiger partial charge is 0.488 e. The van der Waals surface area contributed by atoms with Crippen LogP contribution >= 0.6 is 0 Å². The van der Waals surface area contributed by atoms with Crippen molar-refractivity contribution < 1.29 is 18.7 Å². The van der Waals surface area contributed by atoms with Crippen molar-refractivity contribution in [2.75, 3.05) is 13.2 Å². The molecule has 0 aromatic heterocycles. The lowest BCUT2D eigenvalue weighted by atomic mass is 9.96. The summed E-state index contributed by atoms with van der Waals surface area (Å²) in [6.45, 7) is 1.92. The predicted octanol–water partition coefficient (Wildman–Crippen LogP) is 1.88. The van der Waals surface area contributed by atoms with Gasteiger partial charge >= 0.3 is 5.97 Å². The van der Waals surface area contributed by atoms with Crippen LogP contribution in [0.2, 0.25) is 0 Å². The Labute approximate surface area is 111 Å². The number of benzene rings is 1. The van der Waals surface area contributed by atoms with Crippen molar-refractivity contribution in [3.8, 4) is 5.75 Å². The Kier molecular flexibility index (Phi) is 4.04. The van der Waals surface area contributed by atoms with Crippen LogP contribution in [0.1, 0.15) is 19.8 Å². The zero-order valence-corrected chi connectivity index (χ0v) is 10.9. The van der Waals surface area contributed by atoms with Crippen LogP contribution < -0.4 is 10.5 Å². The fourth-order valence-corrected chi connectivity index (χ4v) is 1.97. The number of hydrogen-bond acceptors (Lipinski definition) is 4. The van der Waals surface area contributed by atoms with Crippen LogP contribution in [0, 0.1) is 11.7 Å². The zero-order chi connectivity index (χ0) is 13.9. The number of rotatable bonds is 6. The first-order valence-corrected chi connectivity index (χ1v) is 6.41. The Balaban J connectivity index is 2.05. The predicted molar refractivity (Wildman–Crippen MR) is 68.2 cm³/mol. The molecule has 1 aromatic rings. The summed E-state index contributed by atoms with van der Waals surface area (Å²) in [5.74, 6) is -0.793. The summed E-state index contributed by atoms with van der Waals surface area (Å²) in [5.41, 5.74) is 4.93. The average Bonchev–Trinajstić information content (AvgIpc) is 3.22. The van der Waals surface area contributed by atoms with Gasteiger partial charge < -0.3 is 15.2 Å². The third-order valence-corrected chi connectivity index (χ3v) is 3.26. The van der Waals surface area contributed by atoms with Gasteiger partial charge in [-0.1, -0.05) is 12.1 Å². The van der Waals surface area contributed by atoms with Gasteiger partial charge in [0.25, 0.3) is 0 Å². The molecule has 0 aliphatic heterocycles. The van der Waals surface area contributed by atoms with Gasteiger partial charge in [-0.2, -0.15) is 0 Å². The van der Waals surface area contributed by atoms with Gasteiger partial charge in [0.15, 0.2) is 17.1 Å². The standard InChI is InChI=1S/C14H18FNO3/c1-2-18-13(17)14(16,10-7-8-10)9-19-12-6-4-3-5-11(12)15/h3-6,10H,2,7-9,16H2,1H3. The van der Waals surface area contributed by atoms with Crippen LogP contribution in [0.15, 0.2) is 24.3 Å². The highest BCUT2D eigenvalue weighted by Gasteiger charge is 2.50. The maximum atomic E-state index is 13.4. The van der Waals surface area contributed by atoms with E-state index in [1.165, 1.54) is 12.1 Å². The van der Waals surface area contributed by atoms with Gasteiger partial charge in [0, 0.05) is 0 Å². The van der Waals surface area contributed by atoms with E-state index in [1.807, 2.05) is 0 Å². The molecule has 4 nitrogen and oxygen atoms in total. The second-order valence-corrected chi connectivity index (χ2v) is 4.75. The van der Waals surface area contributed by atoms with E-state index in [-0.39, 0.29) is 24.9 Å². The van der Waals surface area contributed by atoms with Crippen LogP contribution in [0.3, 0.4) is 0 Å². The monoisotopic (exact) mass is 267 g/mol. The summed E-state index contributed by atoms with van der Waals surface area (Å²) >= 11 is 0. The summed E-state index contributed by atoms with van der Waals surface area (Å²) in [6, 6.07) is 6.05. The first kappa shape index (κ1) is 13.8. The molecule has 1 aliphatic rings. The molecule has 1 aliphatic carbocycles. The van der Waals surface area contributed by atoms with Gasteiger partial charge in [-0.3, -0.25) is 0 Å². The van der Waals surface area contributed by atoms with Crippen LogP contribution in [0.5, 0.6) is 5.75 Å². The molecule has 0 spiro atoms. The number of nitrogens with two attached hydrogens (primary N) is 1. The normalized spacial score (nSPS) is 17.6. The molecule has 0 bridgehead atoms. The fourth-order valence-electron chi connectivity index (χ4n) is 1.97. The van der Waals surface area contributed by atoms with Crippen molar-refractivity contribution in [3.05, 3.63) is 30.1 Å². The minimum atomic E-state index is -1.18. The number of hydrogen-bond donors (Lipinski definition) is 1. The van der Waals surface area contributed by atoms with Crippen LogP contribution in [0.4, 0.5) is 4.39 Å². The molecule has 104 valence electrons. The molecule has 19 heavy (non-hydrogen) atoms. The summed E-state index contributed by atoms with van der Waals surface area (Å²) in [6.07, 6.45) is 1.74. The van der Waals surface area contributed by atoms with Gasteiger partial charge in [-0.25, -0.2) is 9.18 Å². The summed E-state index contributed by atoms with van der Waals surface area (Å²) in [4.78, 5) is 11.9. The minimum absolute atomic E-state index is 0.0540. The van der Waals surface area contributed by atoms with Gasteiger partial charge in [0.2, 0.25) is 0 Å². The van der Waals surface area contributed by atoms with E-state index < -0.39 is 17.3 Å². The van der Waals surface area contributed by atoms with Crippen molar-refractivity contribution in [3.63, 3.8) is 0 Å². The molecule has 1 unspecified atom stereocenters. The minimum Gasteiger partial charge on any atom is -0.488 e. The molecule has 5 heteroatoms. The van der Waals surface area contributed by atoms with E-state index in [1.54, 1.807) is 19.1 Å². The first-order chi connectivity index (χ1) is 9.08. The highest BCUT2D eigenvalue weighted by atomic mass is 19.1. The molecule has 1 atom stereocenters. The maximum absolute atomic E-state index is 13.4. The lowest BCUT2D eigenvalue weighted by molar-refractivity contribution is -0.152. The summed E-state index contributed by atoms with van der Waals surface area (Å²) < 4.78 is 23.8. The van der Waals surface area contributed by atoms with E-state index in [0.717, 1.165) is 12.8 Å². The number of carbonyl (C=O) groups is 1. The smallest absolute Gasteiger partial charge is 0.329 e. The molecule has 1 saturated carbocycles. The maximum Gasteiger partial charge on any atom is 0.329 e. The molecule has 1 aromatic carbocycles. The molecule has 0 radical (unpaired) electrons. The fraction of sp³-hybridized carbons (Fsp3) is 0.500. The topological polar surface area (TPSA) is 61.5 Å². The number of esters is 1. The lowest BCUT2D eigenvalue weighted by Gasteiger charge is -2.27. The Morgan fingerprint density at radius 1 is 1.47 bits per heavy atom. The average molecular weight is 267 g/mol. The highest BCUT2D eigenvalue weighted by molar-refractivity contribution is 5.81. The molecular weight excluding hydrogens is 249 g/mol. The second kappa shape index (κ2) is 5.57. The second-order valence-electron chi connectivity index (χ2n) is 4.75. The van der Waals surface area contributed by atoms with Crippen LogP contribution in [-0.2, 0) is 9.53 Å². The van der Waals surface area contributed by atoms with E-state index >= 15 is 0 Å². The summed E-state index contributed by atoms with van der Waals surface area (Å²) in [7, 11) is 0. The van der Waals surface area contributed by atoms with E-state index in [4.69, 9.17) is 15.2 Å². The number of halogens is 1. The van der Waals surface area contributed by atoms with Crippen LogP contribution in [0.25, 0.3) is 0 Å².